The van der Waals surface area contributed by atoms with Crippen molar-refractivity contribution in [2.45, 2.75) is 32.4 Å². The van der Waals surface area contributed by atoms with E-state index in [2.05, 4.69) is 18.7 Å². The number of rotatable bonds is 2. The Bertz CT molecular complexity index is 88.9. The van der Waals surface area contributed by atoms with Gasteiger partial charge in [-0.3, -0.25) is 4.90 Å². The van der Waals surface area contributed by atoms with Crippen molar-refractivity contribution in [1.29, 1.82) is 0 Å². The van der Waals surface area contributed by atoms with Crippen LogP contribution in [0.1, 0.15) is 20.3 Å². The molecule has 9 heavy (non-hydrogen) atoms. The summed E-state index contributed by atoms with van der Waals surface area (Å²) in [6.07, 6.45) is 1.30. The quantitative estimate of drug-likeness (QED) is 0.584. The number of hydrogen-bond donors (Lipinski definition) is 1. The predicted molar refractivity (Wildman–Crippen MR) is 39.3 cm³/mol. The number of nitrogens with zero attached hydrogens (tertiary/aromatic N) is 1. The van der Waals surface area contributed by atoms with E-state index in [4.69, 9.17) is 5.73 Å². The van der Waals surface area contributed by atoms with Crippen LogP contribution in [0.5, 0.6) is 0 Å². The molecule has 1 aliphatic heterocycles. The van der Waals surface area contributed by atoms with Gasteiger partial charge in [0.15, 0.2) is 0 Å². The zero-order chi connectivity index (χ0) is 6.85. The maximum absolute atomic E-state index is 5.52. The Morgan fingerprint density at radius 2 is 2.33 bits per heavy atom. The molecule has 1 rings (SSSR count). The SMILES string of the molecule is CC(C)N1CCC1CN. The Labute approximate surface area is 57.0 Å². The summed E-state index contributed by atoms with van der Waals surface area (Å²) < 4.78 is 0. The Morgan fingerprint density at radius 3 is 2.44 bits per heavy atom. The Kier molecular flexibility index (Phi) is 2.09. The highest BCUT2D eigenvalue weighted by Crippen LogP contribution is 2.18. The van der Waals surface area contributed by atoms with Gasteiger partial charge < -0.3 is 5.73 Å². The van der Waals surface area contributed by atoms with Crippen LogP contribution in [-0.4, -0.2) is 30.1 Å². The molecular weight excluding hydrogens is 112 g/mol. The van der Waals surface area contributed by atoms with Crippen molar-refractivity contribution in [2.75, 3.05) is 13.1 Å². The van der Waals surface area contributed by atoms with Gasteiger partial charge in [0.25, 0.3) is 0 Å². The molecule has 2 nitrogen and oxygen atoms in total. The van der Waals surface area contributed by atoms with Crippen LogP contribution in [0.2, 0.25) is 0 Å². The Hall–Kier alpha value is -0.0800. The van der Waals surface area contributed by atoms with Crippen LogP contribution in [0.3, 0.4) is 0 Å². The van der Waals surface area contributed by atoms with E-state index >= 15 is 0 Å². The standard InChI is InChI=1S/C7H16N2/c1-6(2)9-4-3-7(9)5-8/h6-7H,3-5,8H2,1-2H3. The summed E-state index contributed by atoms with van der Waals surface area (Å²) in [5, 5.41) is 0. The van der Waals surface area contributed by atoms with Gasteiger partial charge >= 0.3 is 0 Å². The number of hydrogen-bond acceptors (Lipinski definition) is 2. The molecule has 0 radical (unpaired) electrons. The molecule has 1 atom stereocenters. The normalized spacial score (nSPS) is 28.7. The first-order valence-corrected chi connectivity index (χ1v) is 3.71. The van der Waals surface area contributed by atoms with Crippen molar-refractivity contribution in [3.05, 3.63) is 0 Å². The Morgan fingerprint density at radius 1 is 1.67 bits per heavy atom. The van der Waals surface area contributed by atoms with Crippen LogP contribution in [0.15, 0.2) is 0 Å². The average molecular weight is 128 g/mol. The lowest BCUT2D eigenvalue weighted by Crippen LogP contribution is -2.54. The van der Waals surface area contributed by atoms with E-state index in [0.29, 0.717) is 12.1 Å². The van der Waals surface area contributed by atoms with E-state index in [1.54, 1.807) is 0 Å². The first kappa shape index (κ1) is 7.03. The topological polar surface area (TPSA) is 29.3 Å². The summed E-state index contributed by atoms with van der Waals surface area (Å²) in [5.74, 6) is 0. The van der Waals surface area contributed by atoms with Gasteiger partial charge in [-0.15, -0.1) is 0 Å². The summed E-state index contributed by atoms with van der Waals surface area (Å²) in [6.45, 7) is 6.53. The summed E-state index contributed by atoms with van der Waals surface area (Å²) in [4.78, 5) is 2.44. The monoisotopic (exact) mass is 128 g/mol. The minimum absolute atomic E-state index is 0.685. The number of likely N-dealkylation sites (tertiary alicyclic amines) is 1. The molecule has 0 saturated carbocycles. The maximum Gasteiger partial charge on any atom is 0.0233 e. The lowest BCUT2D eigenvalue weighted by atomic mass is 10.0. The lowest BCUT2D eigenvalue weighted by molar-refractivity contribution is 0.0624. The fourth-order valence-electron chi connectivity index (χ4n) is 1.39. The van der Waals surface area contributed by atoms with Crippen LogP contribution < -0.4 is 5.73 Å². The van der Waals surface area contributed by atoms with E-state index in [1.165, 1.54) is 13.0 Å². The predicted octanol–water partition coefficient (Wildman–Crippen LogP) is 0.428. The minimum atomic E-state index is 0.685. The van der Waals surface area contributed by atoms with Crippen molar-refractivity contribution in [2.24, 2.45) is 5.73 Å². The molecule has 1 unspecified atom stereocenters. The van der Waals surface area contributed by atoms with E-state index in [9.17, 15) is 0 Å². The van der Waals surface area contributed by atoms with Crippen LogP contribution in [-0.2, 0) is 0 Å². The number of nitrogens with two attached hydrogens (primary N) is 1. The molecule has 0 aromatic carbocycles. The highest BCUT2D eigenvalue weighted by atomic mass is 15.2. The van der Waals surface area contributed by atoms with Gasteiger partial charge in [-0.2, -0.15) is 0 Å². The summed E-state index contributed by atoms with van der Waals surface area (Å²) in [6, 6.07) is 1.37. The molecule has 0 aromatic heterocycles. The van der Waals surface area contributed by atoms with Gasteiger partial charge in [0.2, 0.25) is 0 Å². The maximum atomic E-state index is 5.52. The van der Waals surface area contributed by atoms with Gasteiger partial charge in [0.05, 0.1) is 0 Å². The molecule has 0 bridgehead atoms. The highest BCUT2D eigenvalue weighted by molar-refractivity contribution is 4.85. The van der Waals surface area contributed by atoms with E-state index < -0.39 is 0 Å². The van der Waals surface area contributed by atoms with E-state index in [-0.39, 0.29) is 0 Å². The van der Waals surface area contributed by atoms with Gasteiger partial charge in [-0.1, -0.05) is 0 Å². The molecule has 1 saturated heterocycles. The summed E-state index contributed by atoms with van der Waals surface area (Å²) in [5.41, 5.74) is 5.52. The summed E-state index contributed by atoms with van der Waals surface area (Å²) >= 11 is 0. The zero-order valence-corrected chi connectivity index (χ0v) is 6.30. The van der Waals surface area contributed by atoms with Crippen molar-refractivity contribution in [1.82, 2.24) is 4.90 Å². The van der Waals surface area contributed by atoms with Gasteiger partial charge in [-0.05, 0) is 20.3 Å². The van der Waals surface area contributed by atoms with Gasteiger partial charge in [-0.25, -0.2) is 0 Å². The highest BCUT2D eigenvalue weighted by Gasteiger charge is 2.27. The second-order valence-corrected chi connectivity index (χ2v) is 3.01. The molecule has 2 N–H and O–H groups in total. The zero-order valence-electron chi connectivity index (χ0n) is 6.30. The first-order chi connectivity index (χ1) is 4.25. The summed E-state index contributed by atoms with van der Waals surface area (Å²) in [7, 11) is 0. The molecule has 54 valence electrons. The smallest absolute Gasteiger partial charge is 0.0233 e. The van der Waals surface area contributed by atoms with E-state index in [1.807, 2.05) is 0 Å². The van der Waals surface area contributed by atoms with Crippen molar-refractivity contribution >= 4 is 0 Å². The molecule has 0 aromatic rings. The third-order valence-corrected chi connectivity index (χ3v) is 2.12. The molecule has 1 heterocycles. The lowest BCUT2D eigenvalue weighted by Gasteiger charge is -2.43. The molecule has 1 fully saturated rings. The van der Waals surface area contributed by atoms with E-state index in [0.717, 1.165) is 6.54 Å². The minimum Gasteiger partial charge on any atom is -0.329 e. The van der Waals surface area contributed by atoms with Crippen LogP contribution in [0.25, 0.3) is 0 Å². The second kappa shape index (κ2) is 2.67. The first-order valence-electron chi connectivity index (χ1n) is 3.71. The second-order valence-electron chi connectivity index (χ2n) is 3.01. The van der Waals surface area contributed by atoms with Crippen LogP contribution in [0, 0.1) is 0 Å². The largest absolute Gasteiger partial charge is 0.329 e. The average Bonchev–Trinajstić information content (AvgIpc) is 1.61. The fraction of sp³-hybridized carbons (Fsp3) is 1.00. The van der Waals surface area contributed by atoms with Crippen molar-refractivity contribution in [3.8, 4) is 0 Å². The van der Waals surface area contributed by atoms with Gasteiger partial charge in [0, 0.05) is 25.2 Å². The molecule has 0 amide bonds. The van der Waals surface area contributed by atoms with Crippen molar-refractivity contribution in [3.63, 3.8) is 0 Å². The fourth-order valence-corrected chi connectivity index (χ4v) is 1.39. The molecule has 1 aliphatic rings. The molecular formula is C7H16N2. The third kappa shape index (κ3) is 1.25. The van der Waals surface area contributed by atoms with Gasteiger partial charge in [0.1, 0.15) is 0 Å². The Balaban J connectivity index is 2.27. The van der Waals surface area contributed by atoms with Crippen LogP contribution >= 0.6 is 0 Å². The van der Waals surface area contributed by atoms with Crippen molar-refractivity contribution < 1.29 is 0 Å². The van der Waals surface area contributed by atoms with Crippen LogP contribution in [0.4, 0.5) is 0 Å². The molecule has 2 heteroatoms. The third-order valence-electron chi connectivity index (χ3n) is 2.12. The molecule has 0 spiro atoms. The molecule has 0 aliphatic carbocycles.